The van der Waals surface area contributed by atoms with E-state index in [2.05, 4.69) is 65.1 Å². The number of aryl methyl sites for hydroxylation is 3. The fraction of sp³-hybridized carbons (Fsp3) is 0.320. The summed E-state index contributed by atoms with van der Waals surface area (Å²) in [4.78, 5) is 12.1. The molecule has 1 aromatic heterocycles. The fourth-order valence-corrected chi connectivity index (χ4v) is 4.81. The van der Waals surface area contributed by atoms with Crippen molar-refractivity contribution < 1.29 is 4.52 Å². The van der Waals surface area contributed by atoms with Gasteiger partial charge in [-0.15, -0.1) is 0 Å². The van der Waals surface area contributed by atoms with E-state index in [4.69, 9.17) is 4.52 Å². The lowest BCUT2D eigenvalue weighted by atomic mass is 9.92. The molecule has 3 aromatic rings. The van der Waals surface area contributed by atoms with Gasteiger partial charge in [-0.3, -0.25) is 4.79 Å². The van der Waals surface area contributed by atoms with E-state index in [-0.39, 0.29) is 11.6 Å². The first-order chi connectivity index (χ1) is 14.3. The maximum absolute atomic E-state index is 12.1. The molecule has 0 bridgehead atoms. The van der Waals surface area contributed by atoms with Gasteiger partial charge in [0.1, 0.15) is 5.76 Å². The number of aromatic amines is 1. The molecular formula is C25H26N2O2. The Morgan fingerprint density at radius 1 is 1.00 bits per heavy atom. The molecule has 2 N–H and O–H groups in total. The molecule has 1 atom stereocenters. The summed E-state index contributed by atoms with van der Waals surface area (Å²) in [5.74, 6) is 0.823. The van der Waals surface area contributed by atoms with Crippen LogP contribution in [-0.2, 0) is 19.3 Å². The Kier molecular flexibility index (Phi) is 4.94. The van der Waals surface area contributed by atoms with Crippen molar-refractivity contribution >= 4 is 5.57 Å². The minimum Gasteiger partial charge on any atom is -0.383 e. The molecule has 29 heavy (non-hydrogen) atoms. The zero-order chi connectivity index (χ0) is 19.6. The summed E-state index contributed by atoms with van der Waals surface area (Å²) in [6, 6.07) is 17.6. The van der Waals surface area contributed by atoms with Crippen LogP contribution in [0.5, 0.6) is 0 Å². The molecule has 0 unspecified atom stereocenters. The van der Waals surface area contributed by atoms with Crippen LogP contribution in [0, 0.1) is 0 Å². The summed E-state index contributed by atoms with van der Waals surface area (Å²) in [6.45, 7) is 0.836. The minimum atomic E-state index is -0.0813. The predicted molar refractivity (Wildman–Crippen MR) is 115 cm³/mol. The van der Waals surface area contributed by atoms with Gasteiger partial charge in [0.05, 0.1) is 5.56 Å². The van der Waals surface area contributed by atoms with Crippen LogP contribution >= 0.6 is 0 Å². The topological polar surface area (TPSA) is 58.0 Å². The second-order valence-corrected chi connectivity index (χ2v) is 7.99. The molecule has 0 radical (unpaired) electrons. The first-order valence-corrected chi connectivity index (χ1v) is 10.6. The van der Waals surface area contributed by atoms with Gasteiger partial charge < -0.3 is 9.84 Å². The summed E-state index contributed by atoms with van der Waals surface area (Å²) in [7, 11) is 0. The SMILES string of the molecule is O=c1[nH]oc2c1[C@H](NCCC=C1c3ccccc3CCc3ccccc31)CCC2. The lowest BCUT2D eigenvalue weighted by Gasteiger charge is -2.21. The highest BCUT2D eigenvalue weighted by atomic mass is 16.5. The molecule has 0 spiro atoms. The summed E-state index contributed by atoms with van der Waals surface area (Å²) in [5, 5.41) is 6.08. The summed E-state index contributed by atoms with van der Waals surface area (Å²) < 4.78 is 5.32. The van der Waals surface area contributed by atoms with Crippen molar-refractivity contribution in [1.29, 1.82) is 0 Å². The number of nitrogens with one attached hydrogen (secondary N) is 2. The first-order valence-electron chi connectivity index (χ1n) is 10.6. The van der Waals surface area contributed by atoms with E-state index in [9.17, 15) is 4.79 Å². The molecule has 2 aliphatic carbocycles. The normalized spacial score (nSPS) is 17.8. The molecular weight excluding hydrogens is 360 g/mol. The Bertz CT molecular complexity index is 1060. The van der Waals surface area contributed by atoms with Crippen molar-refractivity contribution in [2.24, 2.45) is 0 Å². The van der Waals surface area contributed by atoms with Crippen molar-refractivity contribution in [1.82, 2.24) is 10.5 Å². The Hall–Kier alpha value is -2.85. The Morgan fingerprint density at radius 2 is 1.69 bits per heavy atom. The van der Waals surface area contributed by atoms with Crippen molar-refractivity contribution in [3.8, 4) is 0 Å². The number of fused-ring (bicyclic) bond motifs is 3. The third-order valence-corrected chi connectivity index (χ3v) is 6.22. The molecule has 4 heteroatoms. The summed E-state index contributed by atoms with van der Waals surface area (Å²) in [6.07, 6.45) is 8.32. The van der Waals surface area contributed by atoms with E-state index >= 15 is 0 Å². The number of hydrogen-bond donors (Lipinski definition) is 2. The van der Waals surface area contributed by atoms with Crippen molar-refractivity contribution in [2.75, 3.05) is 6.54 Å². The number of H-pyrrole nitrogens is 1. The largest absolute Gasteiger partial charge is 0.383 e. The maximum Gasteiger partial charge on any atom is 0.284 e. The van der Waals surface area contributed by atoms with Crippen LogP contribution in [0.25, 0.3) is 5.57 Å². The number of aromatic nitrogens is 1. The number of rotatable bonds is 4. The lowest BCUT2D eigenvalue weighted by molar-refractivity contribution is 0.354. The standard InChI is InChI=1S/C25H26N2O2/c28-25-24-22(12-5-13-23(24)29-27-25)26-16-6-11-21-19-9-3-1-7-17(19)14-15-18-8-2-4-10-20(18)21/h1-4,7-11,22,26H,5-6,12-16H2,(H,27,28)/t22-/m1/s1. The van der Waals surface area contributed by atoms with Crippen molar-refractivity contribution in [2.45, 2.75) is 44.6 Å². The van der Waals surface area contributed by atoms with Gasteiger partial charge in [0.2, 0.25) is 0 Å². The van der Waals surface area contributed by atoms with E-state index in [1.807, 2.05) is 0 Å². The van der Waals surface area contributed by atoms with Crippen LogP contribution < -0.4 is 10.9 Å². The van der Waals surface area contributed by atoms with Gasteiger partial charge in [-0.05, 0) is 66.5 Å². The smallest absolute Gasteiger partial charge is 0.284 e. The molecule has 1 heterocycles. The lowest BCUT2D eigenvalue weighted by Crippen LogP contribution is -2.29. The van der Waals surface area contributed by atoms with Crippen molar-refractivity contribution in [3.63, 3.8) is 0 Å². The molecule has 0 saturated heterocycles. The van der Waals surface area contributed by atoms with Crippen LogP contribution in [-0.4, -0.2) is 11.7 Å². The maximum atomic E-state index is 12.1. The van der Waals surface area contributed by atoms with Gasteiger partial charge in [-0.25, -0.2) is 0 Å². The van der Waals surface area contributed by atoms with Crippen LogP contribution in [0.15, 0.2) is 63.9 Å². The molecule has 5 rings (SSSR count). The average molecular weight is 386 g/mol. The highest BCUT2D eigenvalue weighted by Gasteiger charge is 2.26. The molecule has 148 valence electrons. The molecule has 0 aliphatic heterocycles. The Balaban J connectivity index is 1.38. The van der Waals surface area contributed by atoms with Gasteiger partial charge >= 0.3 is 0 Å². The van der Waals surface area contributed by atoms with E-state index in [1.54, 1.807) is 0 Å². The zero-order valence-electron chi connectivity index (χ0n) is 16.5. The monoisotopic (exact) mass is 386 g/mol. The number of hydrogen-bond acceptors (Lipinski definition) is 3. The van der Waals surface area contributed by atoms with E-state index < -0.39 is 0 Å². The Labute approximate surface area is 170 Å². The molecule has 0 saturated carbocycles. The molecule has 0 fully saturated rings. The summed E-state index contributed by atoms with van der Waals surface area (Å²) in [5.41, 5.74) is 7.60. The third-order valence-electron chi connectivity index (χ3n) is 6.22. The minimum absolute atomic E-state index is 0.0813. The van der Waals surface area contributed by atoms with Gasteiger partial charge in [-0.2, -0.15) is 5.16 Å². The van der Waals surface area contributed by atoms with Crippen LogP contribution in [0.3, 0.4) is 0 Å². The third kappa shape index (κ3) is 3.49. The van der Waals surface area contributed by atoms with Crippen molar-refractivity contribution in [3.05, 3.63) is 98.5 Å². The van der Waals surface area contributed by atoms with Gasteiger partial charge in [0.25, 0.3) is 5.56 Å². The molecule has 2 aromatic carbocycles. The quantitative estimate of drug-likeness (QED) is 0.647. The molecule has 0 amide bonds. The predicted octanol–water partition coefficient (Wildman–Crippen LogP) is 4.56. The van der Waals surface area contributed by atoms with Gasteiger partial charge in [-0.1, -0.05) is 54.6 Å². The Morgan fingerprint density at radius 3 is 2.41 bits per heavy atom. The van der Waals surface area contributed by atoms with Gasteiger partial charge in [0, 0.05) is 12.5 Å². The molecule has 2 aliphatic rings. The van der Waals surface area contributed by atoms with E-state index in [0.717, 1.165) is 56.4 Å². The van der Waals surface area contributed by atoms with Crippen LogP contribution in [0.1, 0.15) is 58.9 Å². The second-order valence-electron chi connectivity index (χ2n) is 7.99. The van der Waals surface area contributed by atoms with E-state index in [1.165, 1.54) is 27.8 Å². The van der Waals surface area contributed by atoms with Gasteiger partial charge in [0.15, 0.2) is 0 Å². The average Bonchev–Trinajstić information content (AvgIpc) is 3.06. The fourth-order valence-electron chi connectivity index (χ4n) is 4.81. The zero-order valence-corrected chi connectivity index (χ0v) is 16.5. The molecule has 4 nitrogen and oxygen atoms in total. The highest BCUT2D eigenvalue weighted by Crippen LogP contribution is 2.33. The first kappa shape index (κ1) is 18.2. The highest BCUT2D eigenvalue weighted by molar-refractivity contribution is 5.83. The van der Waals surface area contributed by atoms with Crippen LogP contribution in [0.4, 0.5) is 0 Å². The second kappa shape index (κ2) is 7.88. The number of benzene rings is 2. The summed E-state index contributed by atoms with van der Waals surface area (Å²) >= 11 is 0. The van der Waals surface area contributed by atoms with Crippen LogP contribution in [0.2, 0.25) is 0 Å². The van der Waals surface area contributed by atoms with E-state index in [0.29, 0.717) is 0 Å².